The number of rotatable bonds is 12. The quantitative estimate of drug-likeness (QED) is 0.464. The average molecular weight is 356 g/mol. The molecule has 0 spiro atoms. The highest BCUT2D eigenvalue weighted by molar-refractivity contribution is 5.48. The Morgan fingerprint density at radius 3 is 2.31 bits per heavy atom. The Morgan fingerprint density at radius 2 is 1.54 bits per heavy atom. The fourth-order valence-corrected chi connectivity index (χ4v) is 2.97. The molecular weight excluding hydrogens is 322 g/mol. The Hall–Kier alpha value is -2.16. The summed E-state index contributed by atoms with van der Waals surface area (Å²) in [6.45, 7) is 8.59. The van der Waals surface area contributed by atoms with E-state index in [4.69, 9.17) is 9.47 Å². The van der Waals surface area contributed by atoms with Gasteiger partial charge in [-0.05, 0) is 43.5 Å². The zero-order chi connectivity index (χ0) is 18.6. The maximum Gasteiger partial charge on any atom is 0.125 e. The molecule has 1 N–H and O–H groups in total. The normalized spacial score (nSPS) is 10.6. The predicted molar refractivity (Wildman–Crippen MR) is 111 cm³/mol. The van der Waals surface area contributed by atoms with Crippen LogP contribution < -0.4 is 14.8 Å². The fourth-order valence-electron chi connectivity index (χ4n) is 2.97. The second-order valence-corrected chi connectivity index (χ2v) is 6.79. The molecule has 26 heavy (non-hydrogen) atoms. The molecule has 0 saturated heterocycles. The summed E-state index contributed by atoms with van der Waals surface area (Å²) in [4.78, 5) is 0. The lowest BCUT2D eigenvalue weighted by atomic mass is 10.1. The van der Waals surface area contributed by atoms with Crippen molar-refractivity contribution in [3.63, 3.8) is 0 Å². The third-order valence-corrected chi connectivity index (χ3v) is 4.44. The van der Waals surface area contributed by atoms with Crippen LogP contribution in [-0.4, -0.2) is 19.8 Å². The molecule has 2 aromatic carbocycles. The van der Waals surface area contributed by atoms with Gasteiger partial charge in [-0.1, -0.05) is 56.9 Å². The third-order valence-electron chi connectivity index (χ3n) is 4.44. The molecule has 0 aliphatic heterocycles. The maximum absolute atomic E-state index is 5.94. The smallest absolute Gasteiger partial charge is 0.125 e. The first kappa shape index (κ1) is 20.2. The molecule has 0 amide bonds. The number of unbranched alkanes of at least 4 members (excludes halogenated alkanes) is 4. The predicted octanol–water partition coefficient (Wildman–Crippen LogP) is 6.14. The lowest BCUT2D eigenvalue weighted by Crippen LogP contribution is -2.12. The van der Waals surface area contributed by atoms with Gasteiger partial charge >= 0.3 is 0 Å². The van der Waals surface area contributed by atoms with E-state index in [0.29, 0.717) is 6.61 Å². The van der Waals surface area contributed by atoms with E-state index in [1.807, 2.05) is 12.1 Å². The number of anilines is 1. The number of nitrogens with one attached hydrogen (secondary N) is 1. The summed E-state index contributed by atoms with van der Waals surface area (Å²) in [7, 11) is 0. The molecule has 2 aromatic rings. The van der Waals surface area contributed by atoms with Crippen LogP contribution in [-0.2, 0) is 0 Å². The summed E-state index contributed by atoms with van der Waals surface area (Å²) >= 11 is 0. The van der Waals surface area contributed by atoms with Gasteiger partial charge in [0.1, 0.15) is 18.1 Å². The molecule has 0 saturated carbocycles. The second kappa shape index (κ2) is 11.5. The number of aryl methyl sites for hydroxylation is 2. The van der Waals surface area contributed by atoms with E-state index in [0.717, 1.165) is 36.8 Å². The molecular formula is C23H33NO2. The zero-order valence-corrected chi connectivity index (χ0v) is 16.5. The fraction of sp³-hybridized carbons (Fsp3) is 0.478. The van der Waals surface area contributed by atoms with Crippen LogP contribution >= 0.6 is 0 Å². The monoisotopic (exact) mass is 355 g/mol. The van der Waals surface area contributed by atoms with Crippen LogP contribution in [0.1, 0.15) is 50.2 Å². The summed E-state index contributed by atoms with van der Waals surface area (Å²) in [5.41, 5.74) is 3.43. The van der Waals surface area contributed by atoms with Crippen molar-refractivity contribution in [2.24, 2.45) is 0 Å². The molecule has 0 aliphatic carbocycles. The van der Waals surface area contributed by atoms with E-state index >= 15 is 0 Å². The molecule has 2 rings (SSSR count). The highest BCUT2D eigenvalue weighted by atomic mass is 16.5. The number of hydrogen-bond donors (Lipinski definition) is 1. The summed E-state index contributed by atoms with van der Waals surface area (Å²) < 4.78 is 11.8. The van der Waals surface area contributed by atoms with E-state index in [2.05, 4.69) is 56.4 Å². The standard InChI is InChI=1S/C23H33NO2/c1-4-5-6-7-8-16-25-22-14-10-13-21(18-22)24-15-17-26-23-19(2)11-9-12-20(23)3/h9-14,18,24H,4-8,15-17H2,1-3H3. The minimum absolute atomic E-state index is 0.633. The molecule has 0 aromatic heterocycles. The molecule has 3 heteroatoms. The number of ether oxygens (including phenoxy) is 2. The summed E-state index contributed by atoms with van der Waals surface area (Å²) in [6.07, 6.45) is 6.29. The first-order valence-corrected chi connectivity index (χ1v) is 9.86. The van der Waals surface area contributed by atoms with Crippen molar-refractivity contribution in [1.29, 1.82) is 0 Å². The lowest BCUT2D eigenvalue weighted by Gasteiger charge is -2.13. The first-order valence-electron chi connectivity index (χ1n) is 9.86. The minimum atomic E-state index is 0.633. The van der Waals surface area contributed by atoms with E-state index in [1.54, 1.807) is 0 Å². The van der Waals surface area contributed by atoms with E-state index < -0.39 is 0 Å². The molecule has 0 fully saturated rings. The van der Waals surface area contributed by atoms with E-state index in [1.165, 1.54) is 36.8 Å². The second-order valence-electron chi connectivity index (χ2n) is 6.79. The van der Waals surface area contributed by atoms with Crippen molar-refractivity contribution in [3.8, 4) is 11.5 Å². The number of hydrogen-bond acceptors (Lipinski definition) is 3. The van der Waals surface area contributed by atoms with Gasteiger partial charge in [0.05, 0.1) is 6.61 Å². The Bertz CT molecular complexity index is 634. The van der Waals surface area contributed by atoms with Crippen LogP contribution in [0.5, 0.6) is 11.5 Å². The average Bonchev–Trinajstić information content (AvgIpc) is 2.64. The highest BCUT2D eigenvalue weighted by Crippen LogP contribution is 2.22. The Morgan fingerprint density at radius 1 is 0.808 bits per heavy atom. The maximum atomic E-state index is 5.94. The lowest BCUT2D eigenvalue weighted by molar-refractivity contribution is 0.304. The summed E-state index contributed by atoms with van der Waals surface area (Å²) in [6, 6.07) is 14.4. The molecule has 0 aliphatic rings. The van der Waals surface area contributed by atoms with Crippen LogP contribution in [0.25, 0.3) is 0 Å². The molecule has 0 atom stereocenters. The molecule has 3 nitrogen and oxygen atoms in total. The van der Waals surface area contributed by atoms with Crippen molar-refractivity contribution >= 4 is 5.69 Å². The van der Waals surface area contributed by atoms with Gasteiger partial charge in [0.15, 0.2) is 0 Å². The van der Waals surface area contributed by atoms with Crippen LogP contribution in [0, 0.1) is 13.8 Å². The van der Waals surface area contributed by atoms with Crippen LogP contribution in [0.4, 0.5) is 5.69 Å². The Labute approximate surface area is 158 Å². The van der Waals surface area contributed by atoms with Crippen molar-refractivity contribution in [1.82, 2.24) is 0 Å². The van der Waals surface area contributed by atoms with Crippen molar-refractivity contribution in [3.05, 3.63) is 53.6 Å². The van der Waals surface area contributed by atoms with Gasteiger partial charge < -0.3 is 14.8 Å². The van der Waals surface area contributed by atoms with Crippen molar-refractivity contribution in [2.45, 2.75) is 52.9 Å². The van der Waals surface area contributed by atoms with Crippen LogP contribution in [0.3, 0.4) is 0 Å². The van der Waals surface area contributed by atoms with Gasteiger partial charge in [-0.25, -0.2) is 0 Å². The highest BCUT2D eigenvalue weighted by Gasteiger charge is 2.03. The largest absolute Gasteiger partial charge is 0.494 e. The van der Waals surface area contributed by atoms with E-state index in [-0.39, 0.29) is 0 Å². The van der Waals surface area contributed by atoms with Gasteiger partial charge in [0.2, 0.25) is 0 Å². The SMILES string of the molecule is CCCCCCCOc1cccc(NCCOc2c(C)cccc2C)c1. The first-order chi connectivity index (χ1) is 12.7. The molecule has 0 radical (unpaired) electrons. The topological polar surface area (TPSA) is 30.5 Å². The van der Waals surface area contributed by atoms with Gasteiger partial charge in [0.25, 0.3) is 0 Å². The third kappa shape index (κ3) is 6.99. The number of benzene rings is 2. The molecule has 142 valence electrons. The van der Waals surface area contributed by atoms with E-state index in [9.17, 15) is 0 Å². The van der Waals surface area contributed by atoms with Crippen molar-refractivity contribution in [2.75, 3.05) is 25.1 Å². The van der Waals surface area contributed by atoms with Gasteiger partial charge in [-0.2, -0.15) is 0 Å². The summed E-state index contributed by atoms with van der Waals surface area (Å²) in [5.74, 6) is 1.93. The van der Waals surface area contributed by atoms with Crippen molar-refractivity contribution < 1.29 is 9.47 Å². The van der Waals surface area contributed by atoms with Crippen LogP contribution in [0.2, 0.25) is 0 Å². The van der Waals surface area contributed by atoms with Gasteiger partial charge in [0, 0.05) is 18.3 Å². The van der Waals surface area contributed by atoms with Gasteiger partial charge in [-0.15, -0.1) is 0 Å². The molecule has 0 bridgehead atoms. The number of para-hydroxylation sites is 1. The zero-order valence-electron chi connectivity index (χ0n) is 16.5. The molecule has 0 heterocycles. The Kier molecular flexibility index (Phi) is 8.88. The minimum Gasteiger partial charge on any atom is -0.494 e. The van der Waals surface area contributed by atoms with Crippen LogP contribution in [0.15, 0.2) is 42.5 Å². The molecule has 0 unspecified atom stereocenters. The van der Waals surface area contributed by atoms with Gasteiger partial charge in [-0.3, -0.25) is 0 Å². The Balaban J connectivity index is 1.69. The summed E-state index contributed by atoms with van der Waals surface area (Å²) in [5, 5.41) is 3.41.